The Balaban J connectivity index is 0.866. The molecule has 4 aliphatic carbocycles. The van der Waals surface area contributed by atoms with Crippen LogP contribution in [0, 0.1) is 40.4 Å². The Hall–Kier alpha value is -1.18. The Bertz CT molecular complexity index is 1970. The predicted molar refractivity (Wildman–Crippen MR) is 255 cm³/mol. The molecule has 5 aliphatic heterocycles. The van der Waals surface area contributed by atoms with Gasteiger partial charge in [-0.1, -0.05) is 39.3 Å². The van der Waals surface area contributed by atoms with Crippen molar-refractivity contribution in [2.75, 3.05) is 26.9 Å². The van der Waals surface area contributed by atoms with Gasteiger partial charge in [-0.05, 0) is 94.3 Å². The van der Waals surface area contributed by atoms with Crippen LogP contribution in [0.4, 0.5) is 0 Å². The second-order valence-electron chi connectivity index (χ2n) is 24.1. The second kappa shape index (κ2) is 22.3. The zero-order valence-electron chi connectivity index (χ0n) is 44.0. The van der Waals surface area contributed by atoms with Crippen molar-refractivity contribution in [3.63, 3.8) is 0 Å². The average Bonchev–Trinajstić information content (AvgIpc) is 3.76. The Morgan fingerprint density at radius 3 is 1.85 bits per heavy atom. The Kier molecular flexibility index (Phi) is 17.4. The van der Waals surface area contributed by atoms with Crippen LogP contribution < -0.4 is 0 Å². The predicted octanol–water partition coefficient (Wildman–Crippen LogP) is -2.21. The van der Waals surface area contributed by atoms with Gasteiger partial charge in [-0.15, -0.1) is 0 Å². The number of hydrogen-bond acceptors (Lipinski definition) is 23. The van der Waals surface area contributed by atoms with Crippen LogP contribution in [0.25, 0.3) is 0 Å². The van der Waals surface area contributed by atoms with E-state index in [0.29, 0.717) is 38.0 Å². The van der Waals surface area contributed by atoms with Crippen molar-refractivity contribution in [2.45, 2.75) is 246 Å². The molecule has 432 valence electrons. The monoisotopic (exact) mass is 1080 g/mol. The van der Waals surface area contributed by atoms with Gasteiger partial charge in [0.2, 0.25) is 0 Å². The molecular weight excluding hydrogens is 993 g/mol. The van der Waals surface area contributed by atoms with Crippen LogP contribution in [0.3, 0.4) is 0 Å². The summed E-state index contributed by atoms with van der Waals surface area (Å²) < 4.78 is 61.1. The summed E-state index contributed by atoms with van der Waals surface area (Å²) >= 11 is 0. The van der Waals surface area contributed by atoms with Gasteiger partial charge in [0.05, 0.1) is 44.2 Å². The number of hydrogen-bond donors (Lipinski definition) is 13. The number of aliphatic hydroxyl groups is 13. The normalized spacial score (nSPS) is 55.3. The minimum Gasteiger partial charge on any atom is -0.394 e. The fourth-order valence-corrected chi connectivity index (χ4v) is 15.2. The first kappa shape index (κ1) is 58.5. The Labute approximate surface area is 437 Å². The van der Waals surface area contributed by atoms with Crippen LogP contribution in [0.1, 0.15) is 99.3 Å². The lowest BCUT2D eigenvalue weighted by Gasteiger charge is -2.59. The molecule has 0 unspecified atom stereocenters. The fraction of sp³-hybridized carbons (Fsp3) is 0.962. The molecule has 5 heterocycles. The van der Waals surface area contributed by atoms with Crippen LogP contribution in [-0.4, -0.2) is 240 Å². The number of allylic oxidation sites excluding steroid dienone is 1. The molecular formula is C52H86O23. The third-order valence-electron chi connectivity index (χ3n) is 20.0. The molecule has 0 spiro atoms. The van der Waals surface area contributed by atoms with Crippen molar-refractivity contribution >= 4 is 0 Å². The topological polar surface area (TPSA) is 355 Å². The largest absolute Gasteiger partial charge is 0.394 e. The molecule has 0 aromatic rings. The number of aliphatic hydroxyl groups excluding tert-OH is 12. The maximum absolute atomic E-state index is 13.1. The molecule has 0 amide bonds. The van der Waals surface area contributed by atoms with E-state index in [4.69, 9.17) is 47.4 Å². The van der Waals surface area contributed by atoms with Gasteiger partial charge in [-0.2, -0.15) is 0 Å². The first-order chi connectivity index (χ1) is 35.4. The van der Waals surface area contributed by atoms with Gasteiger partial charge in [0.25, 0.3) is 0 Å². The van der Waals surface area contributed by atoms with E-state index in [1.54, 1.807) is 7.11 Å². The minimum absolute atomic E-state index is 0.0883. The molecule has 5 saturated heterocycles. The van der Waals surface area contributed by atoms with E-state index in [0.717, 1.165) is 25.7 Å². The smallest absolute Gasteiger partial charge is 0.187 e. The summed E-state index contributed by atoms with van der Waals surface area (Å²) in [5, 5.41) is 140. The second-order valence-corrected chi connectivity index (χ2v) is 24.1. The van der Waals surface area contributed by atoms with Crippen LogP contribution in [0.15, 0.2) is 11.6 Å². The van der Waals surface area contributed by atoms with E-state index in [9.17, 15) is 66.4 Å². The van der Waals surface area contributed by atoms with Crippen LogP contribution >= 0.6 is 0 Å². The highest BCUT2D eigenvalue weighted by Crippen LogP contribution is 2.72. The van der Waals surface area contributed by atoms with Crippen LogP contribution in [0.2, 0.25) is 0 Å². The van der Waals surface area contributed by atoms with Crippen LogP contribution in [-0.2, 0) is 47.4 Å². The molecule has 0 aromatic heterocycles. The highest BCUT2D eigenvalue weighted by atomic mass is 16.8. The maximum Gasteiger partial charge on any atom is 0.187 e. The molecule has 0 aromatic carbocycles. The molecule has 8 fully saturated rings. The van der Waals surface area contributed by atoms with Gasteiger partial charge in [-0.25, -0.2) is 0 Å². The van der Waals surface area contributed by atoms with Crippen molar-refractivity contribution in [1.82, 2.24) is 0 Å². The minimum atomic E-state index is -1.76. The molecule has 0 bridgehead atoms. The lowest BCUT2D eigenvalue weighted by atomic mass is 9.46. The number of fused-ring (bicyclic) bond motifs is 7. The Morgan fingerprint density at radius 2 is 1.24 bits per heavy atom. The number of rotatable bonds is 15. The van der Waals surface area contributed by atoms with Gasteiger partial charge in [0.15, 0.2) is 30.9 Å². The highest BCUT2D eigenvalue weighted by molar-refractivity contribution is 5.29. The molecule has 3 saturated carbocycles. The molecule has 23 nitrogen and oxygen atoms in total. The molecule has 75 heavy (non-hydrogen) atoms. The quantitative estimate of drug-likeness (QED) is 0.0773. The summed E-state index contributed by atoms with van der Waals surface area (Å²) in [5.41, 5.74) is -0.665. The molecule has 9 rings (SSSR count). The number of ether oxygens (including phenoxy) is 10. The third kappa shape index (κ3) is 9.93. The van der Waals surface area contributed by atoms with Crippen molar-refractivity contribution < 1.29 is 114 Å². The summed E-state index contributed by atoms with van der Waals surface area (Å²) in [6, 6.07) is 0. The van der Waals surface area contributed by atoms with E-state index in [1.807, 2.05) is 13.8 Å². The van der Waals surface area contributed by atoms with Gasteiger partial charge >= 0.3 is 0 Å². The molecule has 13 N–H and O–H groups in total. The maximum atomic E-state index is 13.1. The Morgan fingerprint density at radius 1 is 0.653 bits per heavy atom. The van der Waals surface area contributed by atoms with Crippen LogP contribution in [0.5, 0.6) is 0 Å². The molecule has 0 radical (unpaired) electrons. The summed E-state index contributed by atoms with van der Waals surface area (Å²) in [4.78, 5) is 0. The van der Waals surface area contributed by atoms with Gasteiger partial charge < -0.3 is 114 Å². The standard InChI is InChI=1S/C52H86O23/c1-21(20-67-45-39(61)38(60)35(57)30(18-53)71-45)10-15-51(66-7)24(4)52(65)32(75-51)17-29-27-9-8-25-16-26(11-13-49(25,5)28(27)12-14-50(29,52)6)70-48-44(74-47-41(63)37(59)34(56)23(3)69-47)42(64)43(31(19-54)72-48)73-46-40(62)36(58)33(55)22(2)68-46/h8,21-24,26-48,53-65H,9-20H2,1-7H3/t21-,22+,23+,24-,26+,27-,28+,29+,30+,31-,32+,33+,34+,35+,36-,37-,38-,39+,40-,41-,42+,43-,44-,45+,46+,47+,48-,49+,50+,51-,52-/m1/s1. The lowest BCUT2D eigenvalue weighted by Crippen LogP contribution is -2.66. The van der Waals surface area contributed by atoms with E-state index in [1.165, 1.54) is 19.4 Å². The summed E-state index contributed by atoms with van der Waals surface area (Å²) in [7, 11) is 1.61. The zero-order valence-corrected chi connectivity index (χ0v) is 44.0. The fourth-order valence-electron chi connectivity index (χ4n) is 15.2. The zero-order chi connectivity index (χ0) is 54.4. The van der Waals surface area contributed by atoms with Crippen molar-refractivity contribution in [2.24, 2.45) is 40.4 Å². The lowest BCUT2D eigenvalue weighted by molar-refractivity contribution is -0.388. The average molecular weight is 1080 g/mol. The third-order valence-corrected chi connectivity index (χ3v) is 20.0. The van der Waals surface area contributed by atoms with Gasteiger partial charge in [-0.3, -0.25) is 0 Å². The first-order valence-electron chi connectivity index (χ1n) is 27.3. The SMILES string of the molecule is CO[C@]1(CC[C@@H](C)CO[C@H]2O[C@@H](CO)[C@H](O)[C@@H](O)[C@@H]2O)O[C@H]2C[C@H]3[C@@H]4CC=C5C[C@@H](O[C@@H]6O[C@H](CO)[C@@H](O[C@@H]7O[C@@H](C)[C@H](O)[C@@H](O)[C@H]7O)[C@H](O)[C@H]6O[C@@H]6O[C@@H](C)[C@H](O)[C@@H](O)[C@H]6O)CC[C@]5(C)[C@H]4CC[C@]3(C)[C@@]2(O)[C@@H]1C. The van der Waals surface area contributed by atoms with E-state index in [2.05, 4.69) is 19.9 Å². The molecule has 23 heteroatoms. The van der Waals surface area contributed by atoms with E-state index < -0.39 is 171 Å². The van der Waals surface area contributed by atoms with E-state index in [-0.39, 0.29) is 29.8 Å². The molecule has 31 atom stereocenters. The van der Waals surface area contributed by atoms with Gasteiger partial charge in [0, 0.05) is 24.9 Å². The molecule has 9 aliphatic rings. The summed E-state index contributed by atoms with van der Waals surface area (Å²) in [5.74, 6) is -0.867. The number of methoxy groups -OCH3 is 1. The van der Waals surface area contributed by atoms with E-state index >= 15 is 0 Å². The highest BCUT2D eigenvalue weighted by Gasteiger charge is 2.76. The first-order valence-corrected chi connectivity index (χ1v) is 27.3. The summed E-state index contributed by atoms with van der Waals surface area (Å²) in [6.07, 6.45) is -21.8. The van der Waals surface area contributed by atoms with Crippen molar-refractivity contribution in [3.05, 3.63) is 11.6 Å². The summed E-state index contributed by atoms with van der Waals surface area (Å²) in [6.45, 7) is 10.3. The van der Waals surface area contributed by atoms with Gasteiger partial charge in [0.1, 0.15) is 91.1 Å². The van der Waals surface area contributed by atoms with Crippen molar-refractivity contribution in [3.8, 4) is 0 Å². The van der Waals surface area contributed by atoms with Crippen molar-refractivity contribution in [1.29, 1.82) is 0 Å².